The average Bonchev–Trinajstić information content (AvgIpc) is 3.27. The Morgan fingerprint density at radius 1 is 1.14 bits per heavy atom. The Hall–Kier alpha value is -2.63. The summed E-state index contributed by atoms with van der Waals surface area (Å²) in [5, 5.41) is 11.8. The SMILES string of the molecule is COc1cc(-c2nnc([C@@H](C)n3nc(C(F)F)c(Br)c3C)o2)ccc1OC(F)F. The number of aromatic nitrogens is 4. The maximum absolute atomic E-state index is 13.1. The van der Waals surface area contributed by atoms with Crippen molar-refractivity contribution < 1.29 is 31.5 Å². The van der Waals surface area contributed by atoms with Crippen molar-refractivity contribution >= 4 is 15.9 Å². The van der Waals surface area contributed by atoms with E-state index in [4.69, 9.17) is 9.15 Å². The molecule has 2 heterocycles. The van der Waals surface area contributed by atoms with E-state index in [1.165, 1.54) is 30.0 Å². The van der Waals surface area contributed by atoms with Gasteiger partial charge in [-0.2, -0.15) is 13.9 Å². The van der Waals surface area contributed by atoms with E-state index in [0.717, 1.165) is 0 Å². The predicted octanol–water partition coefficient (Wildman–Crippen LogP) is 5.16. The van der Waals surface area contributed by atoms with Gasteiger partial charge in [0.1, 0.15) is 11.7 Å². The van der Waals surface area contributed by atoms with Gasteiger partial charge < -0.3 is 13.9 Å². The van der Waals surface area contributed by atoms with Gasteiger partial charge in [-0.05, 0) is 48.0 Å². The highest BCUT2D eigenvalue weighted by molar-refractivity contribution is 9.10. The van der Waals surface area contributed by atoms with E-state index in [-0.39, 0.29) is 33.4 Å². The lowest BCUT2D eigenvalue weighted by atomic mass is 10.2. The van der Waals surface area contributed by atoms with Gasteiger partial charge in [0.05, 0.1) is 17.3 Å². The number of benzene rings is 1. The van der Waals surface area contributed by atoms with Crippen LogP contribution in [0.1, 0.15) is 36.7 Å². The molecule has 12 heteroatoms. The standard InChI is InChI=1S/C17H15BrF4N4O3/c1-7-12(18)13(14(19)20)25-26(7)8(2)15-23-24-16(29-15)9-4-5-10(28-17(21)22)11(6-9)27-3/h4-6,8,14,17H,1-3H3/t8-/m1/s1. The second kappa shape index (κ2) is 8.39. The quantitative estimate of drug-likeness (QED) is 0.436. The van der Waals surface area contributed by atoms with Crippen molar-refractivity contribution in [2.45, 2.75) is 32.9 Å². The Kier molecular flexibility index (Phi) is 6.10. The molecule has 0 unspecified atom stereocenters. The zero-order valence-corrected chi connectivity index (χ0v) is 17.0. The van der Waals surface area contributed by atoms with Gasteiger partial charge in [-0.15, -0.1) is 10.2 Å². The molecule has 3 rings (SSSR count). The lowest BCUT2D eigenvalue weighted by Crippen LogP contribution is -2.11. The lowest BCUT2D eigenvalue weighted by molar-refractivity contribution is -0.0512. The van der Waals surface area contributed by atoms with Gasteiger partial charge in [0.25, 0.3) is 6.43 Å². The lowest BCUT2D eigenvalue weighted by Gasteiger charge is -2.10. The van der Waals surface area contributed by atoms with E-state index in [1.54, 1.807) is 13.8 Å². The molecule has 29 heavy (non-hydrogen) atoms. The molecule has 3 aromatic rings. The summed E-state index contributed by atoms with van der Waals surface area (Å²) in [4.78, 5) is 0. The van der Waals surface area contributed by atoms with Gasteiger partial charge in [0, 0.05) is 5.56 Å². The highest BCUT2D eigenvalue weighted by Gasteiger charge is 2.26. The van der Waals surface area contributed by atoms with Crippen LogP contribution in [0.25, 0.3) is 11.5 Å². The van der Waals surface area contributed by atoms with Crippen molar-refractivity contribution in [2.75, 3.05) is 7.11 Å². The molecule has 7 nitrogen and oxygen atoms in total. The highest BCUT2D eigenvalue weighted by atomic mass is 79.9. The maximum atomic E-state index is 13.1. The summed E-state index contributed by atoms with van der Waals surface area (Å²) in [5.74, 6) is 0.137. The Balaban J connectivity index is 1.90. The molecule has 0 aliphatic rings. The maximum Gasteiger partial charge on any atom is 0.387 e. The van der Waals surface area contributed by atoms with Crippen molar-refractivity contribution in [2.24, 2.45) is 0 Å². The average molecular weight is 479 g/mol. The van der Waals surface area contributed by atoms with Crippen LogP contribution in [0.15, 0.2) is 27.1 Å². The summed E-state index contributed by atoms with van der Waals surface area (Å²) in [6.45, 7) is 0.294. The summed E-state index contributed by atoms with van der Waals surface area (Å²) < 4.78 is 67.7. The number of rotatable bonds is 7. The smallest absolute Gasteiger partial charge is 0.387 e. The molecule has 156 valence electrons. The molecule has 0 N–H and O–H groups in total. The molecule has 0 aliphatic heterocycles. The van der Waals surface area contributed by atoms with E-state index in [2.05, 4.69) is 36.0 Å². The monoisotopic (exact) mass is 478 g/mol. The second-order valence-electron chi connectivity index (χ2n) is 5.90. The minimum absolute atomic E-state index is 0.0593. The molecule has 0 amide bonds. The van der Waals surface area contributed by atoms with Crippen LogP contribution in [-0.4, -0.2) is 33.7 Å². The zero-order valence-electron chi connectivity index (χ0n) is 15.4. The molecule has 0 bridgehead atoms. The molecule has 2 aromatic heterocycles. The van der Waals surface area contributed by atoms with Crippen LogP contribution in [0.2, 0.25) is 0 Å². The van der Waals surface area contributed by atoms with Gasteiger partial charge in [0.15, 0.2) is 11.5 Å². The first-order chi connectivity index (χ1) is 13.7. The summed E-state index contributed by atoms with van der Waals surface area (Å²) in [6, 6.07) is 3.53. The van der Waals surface area contributed by atoms with Crippen molar-refractivity contribution in [3.8, 4) is 23.0 Å². The van der Waals surface area contributed by atoms with Crippen molar-refractivity contribution in [1.82, 2.24) is 20.0 Å². The van der Waals surface area contributed by atoms with Crippen LogP contribution in [0, 0.1) is 6.92 Å². The van der Waals surface area contributed by atoms with Crippen LogP contribution in [0.5, 0.6) is 11.5 Å². The third-order valence-corrected chi connectivity index (χ3v) is 5.08. The number of methoxy groups -OCH3 is 1. The van der Waals surface area contributed by atoms with E-state index >= 15 is 0 Å². The molecule has 0 radical (unpaired) electrons. The molecule has 1 atom stereocenters. The number of halogens is 5. The first kappa shape index (κ1) is 21.1. The minimum atomic E-state index is -3.00. The van der Waals surface area contributed by atoms with Crippen LogP contribution >= 0.6 is 15.9 Å². The van der Waals surface area contributed by atoms with Crippen LogP contribution in [0.3, 0.4) is 0 Å². The largest absolute Gasteiger partial charge is 0.493 e. The molecule has 1 aromatic carbocycles. The fraction of sp³-hybridized carbons (Fsp3) is 0.353. The number of ether oxygens (including phenoxy) is 2. The predicted molar refractivity (Wildman–Crippen MR) is 96.4 cm³/mol. The number of alkyl halides is 4. The van der Waals surface area contributed by atoms with Gasteiger partial charge in [0.2, 0.25) is 11.8 Å². The Morgan fingerprint density at radius 3 is 2.45 bits per heavy atom. The third-order valence-electron chi connectivity index (χ3n) is 4.10. The van der Waals surface area contributed by atoms with Gasteiger partial charge in [-0.25, -0.2) is 8.78 Å². The first-order valence-electron chi connectivity index (χ1n) is 8.22. The molecule has 0 aliphatic carbocycles. The van der Waals surface area contributed by atoms with Crippen molar-refractivity contribution in [1.29, 1.82) is 0 Å². The topological polar surface area (TPSA) is 75.2 Å². The van der Waals surface area contributed by atoms with Crippen LogP contribution < -0.4 is 9.47 Å². The molecule has 0 saturated carbocycles. The molecule has 0 fully saturated rings. The second-order valence-corrected chi connectivity index (χ2v) is 6.69. The fourth-order valence-corrected chi connectivity index (χ4v) is 3.09. The molecule has 0 spiro atoms. The number of hydrogen-bond acceptors (Lipinski definition) is 6. The Bertz CT molecular complexity index is 1010. The zero-order chi connectivity index (χ0) is 21.3. The summed E-state index contributed by atoms with van der Waals surface area (Å²) in [7, 11) is 1.30. The first-order valence-corrected chi connectivity index (χ1v) is 9.01. The number of hydrogen-bond donors (Lipinski definition) is 0. The normalized spacial score (nSPS) is 12.6. The van der Waals surface area contributed by atoms with E-state index in [1.807, 2.05) is 0 Å². The third kappa shape index (κ3) is 4.21. The van der Waals surface area contributed by atoms with Crippen LogP contribution in [-0.2, 0) is 0 Å². The molecule has 0 saturated heterocycles. The number of nitrogens with zero attached hydrogens (tertiary/aromatic N) is 4. The summed E-state index contributed by atoms with van der Waals surface area (Å²) in [5.41, 5.74) is 0.497. The van der Waals surface area contributed by atoms with Crippen molar-refractivity contribution in [3.63, 3.8) is 0 Å². The summed E-state index contributed by atoms with van der Waals surface area (Å²) in [6.07, 6.45) is -2.74. The Labute approximate surface area is 170 Å². The van der Waals surface area contributed by atoms with Gasteiger partial charge in [-0.3, -0.25) is 4.68 Å². The van der Waals surface area contributed by atoms with E-state index in [9.17, 15) is 17.6 Å². The van der Waals surface area contributed by atoms with Gasteiger partial charge in [-0.1, -0.05) is 0 Å². The Morgan fingerprint density at radius 2 is 1.86 bits per heavy atom. The molecular weight excluding hydrogens is 464 g/mol. The van der Waals surface area contributed by atoms with Crippen LogP contribution in [0.4, 0.5) is 17.6 Å². The fourth-order valence-electron chi connectivity index (χ4n) is 2.66. The highest BCUT2D eigenvalue weighted by Crippen LogP contribution is 2.35. The van der Waals surface area contributed by atoms with Gasteiger partial charge >= 0.3 is 6.61 Å². The van der Waals surface area contributed by atoms with E-state index < -0.39 is 19.1 Å². The minimum Gasteiger partial charge on any atom is -0.493 e. The summed E-state index contributed by atoms with van der Waals surface area (Å²) >= 11 is 3.11. The van der Waals surface area contributed by atoms with Crippen molar-refractivity contribution in [3.05, 3.63) is 40.0 Å². The molecular formula is C17H15BrF4N4O3. The van der Waals surface area contributed by atoms with E-state index in [0.29, 0.717) is 11.3 Å².